The second kappa shape index (κ2) is 8.42. The van der Waals surface area contributed by atoms with Crippen LogP contribution in [0.4, 0.5) is 5.69 Å². The highest BCUT2D eigenvalue weighted by atomic mass is 79.9. The largest absolute Gasteiger partial charge is 0.464 e. The number of halogens is 1. The summed E-state index contributed by atoms with van der Waals surface area (Å²) in [5.74, 6) is -1.33. The van der Waals surface area contributed by atoms with Gasteiger partial charge in [0.25, 0.3) is 10.0 Å². The standard InChI is InChI=1S/C19H19BrN2O6S/c1-3-8-27-18(23)11-22-16-7-5-14(10-17(16)28-19(22)24)29(25,26)21-13-4-6-15(20)12(2)9-13/h4-7,9-10,21H,3,8,11H2,1-2H3. The first kappa shape index (κ1) is 21.1. The van der Waals surface area contributed by atoms with Gasteiger partial charge in [0.2, 0.25) is 0 Å². The average molecular weight is 483 g/mol. The number of carbonyl (C=O) groups is 1. The number of ether oxygens (including phenoxy) is 1. The number of fused-ring (bicyclic) bond motifs is 1. The molecule has 0 aliphatic rings. The molecule has 0 atom stereocenters. The van der Waals surface area contributed by atoms with Crippen LogP contribution < -0.4 is 10.5 Å². The summed E-state index contributed by atoms with van der Waals surface area (Å²) < 4.78 is 40.0. The van der Waals surface area contributed by atoms with Crippen LogP contribution in [0.25, 0.3) is 11.1 Å². The fourth-order valence-electron chi connectivity index (χ4n) is 2.68. The second-order valence-corrected chi connectivity index (χ2v) is 8.91. The normalized spacial score (nSPS) is 11.6. The summed E-state index contributed by atoms with van der Waals surface area (Å²) >= 11 is 3.37. The molecule has 0 amide bonds. The topological polar surface area (TPSA) is 108 Å². The molecule has 0 saturated carbocycles. The van der Waals surface area contributed by atoms with Crippen LogP contribution in [-0.4, -0.2) is 25.6 Å². The van der Waals surface area contributed by atoms with E-state index in [0.29, 0.717) is 17.6 Å². The van der Waals surface area contributed by atoms with E-state index in [2.05, 4.69) is 20.7 Å². The molecular weight excluding hydrogens is 464 g/mol. The molecule has 0 unspecified atom stereocenters. The average Bonchev–Trinajstić information content (AvgIpc) is 2.97. The molecule has 0 aliphatic carbocycles. The van der Waals surface area contributed by atoms with Crippen molar-refractivity contribution in [2.45, 2.75) is 31.7 Å². The molecule has 0 radical (unpaired) electrons. The van der Waals surface area contributed by atoms with Gasteiger partial charge in [0, 0.05) is 16.2 Å². The number of hydrogen-bond donors (Lipinski definition) is 1. The first-order valence-electron chi connectivity index (χ1n) is 8.79. The van der Waals surface area contributed by atoms with Gasteiger partial charge in [0.05, 0.1) is 17.0 Å². The molecule has 10 heteroatoms. The minimum absolute atomic E-state index is 0.0631. The Morgan fingerprint density at radius 1 is 1.24 bits per heavy atom. The molecule has 0 saturated heterocycles. The van der Waals surface area contributed by atoms with Gasteiger partial charge in [0.1, 0.15) is 6.54 Å². The SMILES string of the molecule is CCCOC(=O)Cn1c(=O)oc2cc(S(=O)(=O)Nc3ccc(Br)c(C)c3)ccc21. The number of anilines is 1. The van der Waals surface area contributed by atoms with E-state index in [1.54, 1.807) is 18.2 Å². The highest BCUT2D eigenvalue weighted by molar-refractivity contribution is 9.10. The number of aromatic nitrogens is 1. The van der Waals surface area contributed by atoms with Crippen LogP contribution >= 0.6 is 15.9 Å². The van der Waals surface area contributed by atoms with E-state index < -0.39 is 21.7 Å². The lowest BCUT2D eigenvalue weighted by molar-refractivity contribution is -0.144. The van der Waals surface area contributed by atoms with E-state index in [0.717, 1.165) is 14.6 Å². The summed E-state index contributed by atoms with van der Waals surface area (Å²) in [6, 6.07) is 9.09. The summed E-state index contributed by atoms with van der Waals surface area (Å²) in [5, 5.41) is 0. The lowest BCUT2D eigenvalue weighted by Gasteiger charge is -2.09. The van der Waals surface area contributed by atoms with Gasteiger partial charge < -0.3 is 9.15 Å². The molecule has 2 aromatic carbocycles. The number of sulfonamides is 1. The molecule has 0 spiro atoms. The Labute approximate surface area is 175 Å². The summed E-state index contributed by atoms with van der Waals surface area (Å²) in [7, 11) is -3.90. The third-order valence-electron chi connectivity index (χ3n) is 4.11. The van der Waals surface area contributed by atoms with E-state index in [1.807, 2.05) is 13.8 Å². The molecule has 1 aromatic heterocycles. The zero-order valence-electron chi connectivity index (χ0n) is 15.8. The van der Waals surface area contributed by atoms with Crippen LogP contribution in [0.1, 0.15) is 18.9 Å². The van der Waals surface area contributed by atoms with Crippen molar-refractivity contribution in [2.75, 3.05) is 11.3 Å². The Kier molecular flexibility index (Phi) is 6.13. The second-order valence-electron chi connectivity index (χ2n) is 6.37. The molecule has 3 rings (SSSR count). The minimum Gasteiger partial charge on any atom is -0.464 e. The number of oxazole rings is 1. The number of nitrogens with one attached hydrogen (secondary N) is 1. The molecule has 29 heavy (non-hydrogen) atoms. The molecule has 0 aliphatic heterocycles. The van der Waals surface area contributed by atoms with Crippen LogP contribution in [-0.2, 0) is 26.1 Å². The summed E-state index contributed by atoms with van der Waals surface area (Å²) in [6.07, 6.45) is 0.666. The van der Waals surface area contributed by atoms with E-state index in [9.17, 15) is 18.0 Å². The molecule has 1 heterocycles. The van der Waals surface area contributed by atoms with Crippen molar-refractivity contribution in [1.29, 1.82) is 0 Å². The molecular formula is C19H19BrN2O6S. The zero-order valence-corrected chi connectivity index (χ0v) is 18.2. The zero-order chi connectivity index (χ0) is 21.2. The fourth-order valence-corrected chi connectivity index (χ4v) is 3.99. The third kappa shape index (κ3) is 4.70. The monoisotopic (exact) mass is 482 g/mol. The maximum absolute atomic E-state index is 12.7. The maximum Gasteiger partial charge on any atom is 0.420 e. The summed E-state index contributed by atoms with van der Waals surface area (Å²) in [6.45, 7) is 3.65. The highest BCUT2D eigenvalue weighted by Crippen LogP contribution is 2.24. The predicted octanol–water partition coefficient (Wildman–Crippen LogP) is 3.42. The van der Waals surface area contributed by atoms with Gasteiger partial charge in [-0.05, 0) is 49.2 Å². The van der Waals surface area contributed by atoms with E-state index in [1.165, 1.54) is 18.2 Å². The van der Waals surface area contributed by atoms with Crippen molar-refractivity contribution in [2.24, 2.45) is 0 Å². The number of esters is 1. The number of hydrogen-bond acceptors (Lipinski definition) is 6. The van der Waals surface area contributed by atoms with Gasteiger partial charge in [-0.3, -0.25) is 14.1 Å². The quantitative estimate of drug-likeness (QED) is 0.516. The van der Waals surface area contributed by atoms with Crippen LogP contribution in [0, 0.1) is 6.92 Å². The van der Waals surface area contributed by atoms with Crippen molar-refractivity contribution >= 4 is 48.7 Å². The van der Waals surface area contributed by atoms with Gasteiger partial charge in [0.15, 0.2) is 5.58 Å². The molecule has 154 valence electrons. The van der Waals surface area contributed by atoms with Gasteiger partial charge >= 0.3 is 11.7 Å². The number of nitrogens with zero attached hydrogens (tertiary/aromatic N) is 1. The van der Waals surface area contributed by atoms with Gasteiger partial charge in [-0.1, -0.05) is 22.9 Å². The first-order valence-corrected chi connectivity index (χ1v) is 11.1. The van der Waals surface area contributed by atoms with Crippen molar-refractivity contribution in [3.63, 3.8) is 0 Å². The third-order valence-corrected chi connectivity index (χ3v) is 6.38. The van der Waals surface area contributed by atoms with Gasteiger partial charge in [-0.15, -0.1) is 0 Å². The van der Waals surface area contributed by atoms with Crippen molar-refractivity contribution in [3.05, 3.63) is 57.0 Å². The van der Waals surface area contributed by atoms with Crippen molar-refractivity contribution in [3.8, 4) is 0 Å². The summed E-state index contributed by atoms with van der Waals surface area (Å²) in [4.78, 5) is 23.8. The molecule has 8 nitrogen and oxygen atoms in total. The molecule has 3 aromatic rings. The number of rotatable bonds is 7. The van der Waals surface area contributed by atoms with Crippen LogP contribution in [0.3, 0.4) is 0 Å². The fraction of sp³-hybridized carbons (Fsp3) is 0.263. The van der Waals surface area contributed by atoms with E-state index in [4.69, 9.17) is 9.15 Å². The van der Waals surface area contributed by atoms with Crippen molar-refractivity contribution in [1.82, 2.24) is 4.57 Å². The number of carbonyl (C=O) groups excluding carboxylic acids is 1. The summed E-state index contributed by atoms with van der Waals surface area (Å²) in [5.41, 5.74) is 1.65. The Morgan fingerprint density at radius 2 is 2.00 bits per heavy atom. The molecule has 1 N–H and O–H groups in total. The predicted molar refractivity (Wildman–Crippen MR) is 111 cm³/mol. The van der Waals surface area contributed by atoms with Crippen LogP contribution in [0.15, 0.2) is 55.0 Å². The molecule has 0 bridgehead atoms. The molecule has 0 fully saturated rings. The number of benzene rings is 2. The smallest absolute Gasteiger partial charge is 0.420 e. The van der Waals surface area contributed by atoms with Crippen LogP contribution in [0.5, 0.6) is 0 Å². The van der Waals surface area contributed by atoms with Crippen LogP contribution in [0.2, 0.25) is 0 Å². The minimum atomic E-state index is -3.90. The maximum atomic E-state index is 12.7. The van der Waals surface area contributed by atoms with E-state index >= 15 is 0 Å². The Morgan fingerprint density at radius 3 is 2.69 bits per heavy atom. The first-order chi connectivity index (χ1) is 13.7. The lowest BCUT2D eigenvalue weighted by atomic mass is 10.2. The lowest BCUT2D eigenvalue weighted by Crippen LogP contribution is -2.21. The van der Waals surface area contributed by atoms with Gasteiger partial charge in [-0.2, -0.15) is 0 Å². The Balaban J connectivity index is 1.90. The Hall–Kier alpha value is -2.59. The van der Waals surface area contributed by atoms with E-state index in [-0.39, 0.29) is 23.6 Å². The Bertz CT molecular complexity index is 1230. The van der Waals surface area contributed by atoms with Gasteiger partial charge in [-0.25, -0.2) is 13.2 Å². The van der Waals surface area contributed by atoms with Crippen molar-refractivity contribution < 1.29 is 22.4 Å². The number of aryl methyl sites for hydroxylation is 1. The highest BCUT2D eigenvalue weighted by Gasteiger charge is 2.19.